The number of aromatic nitrogens is 2. The molecule has 1 atom stereocenters. The maximum absolute atomic E-state index is 13.1. The summed E-state index contributed by atoms with van der Waals surface area (Å²) in [5.74, 6) is 0.533. The number of hydrogen-bond donors (Lipinski definition) is 2. The Hall–Kier alpha value is -2.10. The second-order valence-electron chi connectivity index (χ2n) is 7.55. The molecule has 1 amide bonds. The van der Waals surface area contributed by atoms with Gasteiger partial charge >= 0.3 is 0 Å². The van der Waals surface area contributed by atoms with Crippen LogP contribution in [0.1, 0.15) is 24.2 Å². The van der Waals surface area contributed by atoms with Gasteiger partial charge in [0, 0.05) is 24.5 Å². The first-order valence-corrected chi connectivity index (χ1v) is 11.0. The minimum Gasteiger partial charge on any atom is -0.370 e. The van der Waals surface area contributed by atoms with Crippen LogP contribution in [0.15, 0.2) is 24.3 Å². The summed E-state index contributed by atoms with van der Waals surface area (Å²) in [4.78, 5) is 20.9. The van der Waals surface area contributed by atoms with Crippen LogP contribution in [-0.4, -0.2) is 67.2 Å². The first kappa shape index (κ1) is 20.2. The number of morpholine rings is 1. The van der Waals surface area contributed by atoms with E-state index in [1.165, 1.54) is 28.6 Å². The van der Waals surface area contributed by atoms with Crippen LogP contribution in [0, 0.1) is 5.82 Å². The van der Waals surface area contributed by atoms with E-state index < -0.39 is 0 Å². The minimum atomic E-state index is -0.248. The molecule has 2 aromatic rings. The second-order valence-corrected chi connectivity index (χ2v) is 8.28. The van der Waals surface area contributed by atoms with Crippen molar-refractivity contribution in [3.05, 3.63) is 41.5 Å². The number of nitrogens with one attached hydrogen (secondary N) is 2. The highest BCUT2D eigenvalue weighted by atomic mass is 32.1. The summed E-state index contributed by atoms with van der Waals surface area (Å²) in [5, 5.41) is 3.89. The normalized spacial score (nSPS) is 20.2. The number of rotatable bonds is 7. The first-order valence-electron chi connectivity index (χ1n) is 10.2. The quantitative estimate of drug-likeness (QED) is 0.673. The molecule has 0 saturated carbocycles. The molecular formula is C20H27FN5O2S+. The number of carbonyl (C=O) groups is 1. The van der Waals surface area contributed by atoms with Gasteiger partial charge in [-0.25, -0.2) is 9.37 Å². The number of amides is 1. The summed E-state index contributed by atoms with van der Waals surface area (Å²) in [6, 6.07) is 6.21. The standard InChI is InChI=1S/C20H26FN5O2S/c21-16-5-3-15(4-6-16)14-18-23-20(29-24-18)26-8-1-2-17(26)19(27)22-7-9-25-10-12-28-13-11-25/h3-6,17H,1-2,7-14H2,(H,22,27)/p+1/t17-/m0/s1. The molecule has 0 spiro atoms. The number of nitrogens with zero attached hydrogens (tertiary/aromatic N) is 3. The molecule has 3 heterocycles. The van der Waals surface area contributed by atoms with E-state index in [1.54, 1.807) is 12.1 Å². The van der Waals surface area contributed by atoms with E-state index in [2.05, 4.69) is 19.6 Å². The lowest BCUT2D eigenvalue weighted by atomic mass is 10.1. The Kier molecular flexibility index (Phi) is 6.68. The Morgan fingerprint density at radius 1 is 1.31 bits per heavy atom. The van der Waals surface area contributed by atoms with Gasteiger partial charge in [0.05, 0.1) is 26.3 Å². The van der Waals surface area contributed by atoms with E-state index in [-0.39, 0.29) is 17.8 Å². The highest BCUT2D eigenvalue weighted by Gasteiger charge is 2.33. The lowest BCUT2D eigenvalue weighted by molar-refractivity contribution is -0.906. The van der Waals surface area contributed by atoms with E-state index in [0.29, 0.717) is 18.8 Å². The van der Waals surface area contributed by atoms with Crippen molar-refractivity contribution in [2.45, 2.75) is 25.3 Å². The van der Waals surface area contributed by atoms with Crippen LogP contribution >= 0.6 is 11.5 Å². The predicted octanol–water partition coefficient (Wildman–Crippen LogP) is 0.268. The molecule has 2 aliphatic rings. The zero-order valence-corrected chi connectivity index (χ0v) is 17.2. The Bertz CT molecular complexity index is 809. The van der Waals surface area contributed by atoms with Crippen LogP contribution in [0.25, 0.3) is 0 Å². The average molecular weight is 421 g/mol. The zero-order chi connectivity index (χ0) is 20.1. The van der Waals surface area contributed by atoms with Crippen LogP contribution in [0.3, 0.4) is 0 Å². The highest BCUT2D eigenvalue weighted by molar-refractivity contribution is 7.09. The molecule has 1 aromatic heterocycles. The molecule has 1 aromatic carbocycles. The third kappa shape index (κ3) is 5.29. The van der Waals surface area contributed by atoms with Crippen LogP contribution < -0.4 is 15.1 Å². The van der Waals surface area contributed by atoms with Crippen molar-refractivity contribution in [3.8, 4) is 0 Å². The van der Waals surface area contributed by atoms with Gasteiger partial charge in [0.25, 0.3) is 0 Å². The summed E-state index contributed by atoms with van der Waals surface area (Å²) in [7, 11) is 0. The smallest absolute Gasteiger partial charge is 0.242 e. The van der Waals surface area contributed by atoms with E-state index >= 15 is 0 Å². The van der Waals surface area contributed by atoms with Gasteiger partial charge in [-0.3, -0.25) is 4.79 Å². The van der Waals surface area contributed by atoms with Crippen molar-refractivity contribution >= 4 is 22.6 Å². The first-order chi connectivity index (χ1) is 14.2. The molecule has 0 aliphatic carbocycles. The van der Waals surface area contributed by atoms with Gasteiger partial charge in [0.2, 0.25) is 11.0 Å². The van der Waals surface area contributed by atoms with Gasteiger partial charge in [0.15, 0.2) is 0 Å². The van der Waals surface area contributed by atoms with Crippen molar-refractivity contribution in [3.63, 3.8) is 0 Å². The summed E-state index contributed by atoms with van der Waals surface area (Å²) < 4.78 is 22.9. The van der Waals surface area contributed by atoms with Crippen LogP contribution in [0.5, 0.6) is 0 Å². The Balaban J connectivity index is 1.31. The highest BCUT2D eigenvalue weighted by Crippen LogP contribution is 2.27. The van der Waals surface area contributed by atoms with Crippen molar-refractivity contribution in [2.24, 2.45) is 0 Å². The van der Waals surface area contributed by atoms with E-state index in [1.807, 2.05) is 0 Å². The average Bonchev–Trinajstić information content (AvgIpc) is 3.40. The van der Waals surface area contributed by atoms with Gasteiger partial charge in [-0.1, -0.05) is 12.1 Å². The van der Waals surface area contributed by atoms with Crippen molar-refractivity contribution in [1.29, 1.82) is 0 Å². The van der Waals surface area contributed by atoms with Crippen LogP contribution in [0.2, 0.25) is 0 Å². The molecule has 29 heavy (non-hydrogen) atoms. The van der Waals surface area contributed by atoms with Crippen molar-refractivity contribution in [2.75, 3.05) is 50.8 Å². The molecule has 0 radical (unpaired) electrons. The zero-order valence-electron chi connectivity index (χ0n) is 16.4. The lowest BCUT2D eigenvalue weighted by Gasteiger charge is -2.25. The van der Waals surface area contributed by atoms with Crippen molar-refractivity contribution < 1.29 is 18.8 Å². The van der Waals surface area contributed by atoms with Gasteiger partial charge in [-0.15, -0.1) is 0 Å². The molecule has 2 aliphatic heterocycles. The molecule has 2 N–H and O–H groups in total. The van der Waals surface area contributed by atoms with E-state index in [9.17, 15) is 9.18 Å². The Morgan fingerprint density at radius 3 is 2.90 bits per heavy atom. The minimum absolute atomic E-state index is 0.0745. The maximum atomic E-state index is 13.1. The summed E-state index contributed by atoms with van der Waals surface area (Å²) in [5.41, 5.74) is 0.970. The fourth-order valence-corrected chi connectivity index (χ4v) is 4.64. The number of ether oxygens (including phenoxy) is 1. The van der Waals surface area contributed by atoms with Gasteiger partial charge in [-0.05, 0) is 30.5 Å². The molecule has 9 heteroatoms. The van der Waals surface area contributed by atoms with Gasteiger partial charge < -0.3 is 19.9 Å². The number of benzene rings is 1. The molecule has 7 nitrogen and oxygen atoms in total. The molecular weight excluding hydrogens is 393 g/mol. The molecule has 0 bridgehead atoms. The third-order valence-corrected chi connectivity index (χ3v) is 6.30. The number of carbonyl (C=O) groups excluding carboxylic acids is 1. The fourth-order valence-electron chi connectivity index (χ4n) is 3.88. The summed E-state index contributed by atoms with van der Waals surface area (Å²) >= 11 is 1.33. The number of anilines is 1. The maximum Gasteiger partial charge on any atom is 0.242 e. The number of hydrogen-bond acceptors (Lipinski definition) is 6. The third-order valence-electron chi connectivity index (χ3n) is 5.51. The molecule has 156 valence electrons. The topological polar surface area (TPSA) is 71.8 Å². The largest absolute Gasteiger partial charge is 0.370 e. The molecule has 2 fully saturated rings. The summed E-state index contributed by atoms with van der Waals surface area (Å²) in [6.07, 6.45) is 2.37. The van der Waals surface area contributed by atoms with Gasteiger partial charge in [-0.2, -0.15) is 4.37 Å². The summed E-state index contributed by atoms with van der Waals surface area (Å²) in [6.45, 7) is 6.05. The Labute approximate surface area is 174 Å². The number of halogens is 1. The SMILES string of the molecule is O=C(NCC[NH+]1CCOCC1)[C@@H]1CCCN1c1nc(Cc2ccc(F)cc2)ns1. The molecule has 4 rings (SSSR count). The Morgan fingerprint density at radius 2 is 2.10 bits per heavy atom. The molecule has 2 saturated heterocycles. The molecule has 0 unspecified atom stereocenters. The van der Waals surface area contributed by atoms with Crippen LogP contribution in [-0.2, 0) is 16.0 Å². The van der Waals surface area contributed by atoms with Crippen molar-refractivity contribution in [1.82, 2.24) is 14.7 Å². The predicted molar refractivity (Wildman–Crippen MR) is 109 cm³/mol. The van der Waals surface area contributed by atoms with E-state index in [0.717, 1.165) is 62.9 Å². The fraction of sp³-hybridized carbons (Fsp3) is 0.550. The lowest BCUT2D eigenvalue weighted by Crippen LogP contribution is -3.14. The monoisotopic (exact) mass is 420 g/mol. The van der Waals surface area contributed by atoms with Gasteiger partial charge in [0.1, 0.15) is 30.8 Å². The number of quaternary nitrogens is 1. The van der Waals surface area contributed by atoms with E-state index in [4.69, 9.17) is 4.74 Å². The van der Waals surface area contributed by atoms with Crippen LogP contribution in [0.4, 0.5) is 9.52 Å². The second kappa shape index (κ2) is 9.60.